The van der Waals surface area contributed by atoms with Gasteiger partial charge in [0.1, 0.15) is 0 Å². The van der Waals surface area contributed by atoms with Crippen molar-refractivity contribution in [1.82, 2.24) is 10.6 Å². The average molecular weight is 272 g/mol. The zero-order valence-electron chi connectivity index (χ0n) is 11.5. The molecule has 106 valence electrons. The van der Waals surface area contributed by atoms with E-state index < -0.39 is 0 Å². The van der Waals surface area contributed by atoms with Gasteiger partial charge in [0.15, 0.2) is 0 Å². The van der Waals surface area contributed by atoms with Crippen LogP contribution in [0.3, 0.4) is 0 Å². The van der Waals surface area contributed by atoms with Gasteiger partial charge in [-0.25, -0.2) is 0 Å². The van der Waals surface area contributed by atoms with Gasteiger partial charge >= 0.3 is 0 Å². The number of benzene rings is 1. The van der Waals surface area contributed by atoms with Crippen molar-refractivity contribution < 1.29 is 9.59 Å². The van der Waals surface area contributed by atoms with Gasteiger partial charge in [-0.3, -0.25) is 9.59 Å². The van der Waals surface area contributed by atoms with Crippen LogP contribution in [0.4, 0.5) is 0 Å². The van der Waals surface area contributed by atoms with Gasteiger partial charge < -0.3 is 10.6 Å². The first-order valence-electron chi connectivity index (χ1n) is 7.37. The average Bonchev–Trinajstić information content (AvgIpc) is 3.32. The van der Waals surface area contributed by atoms with Crippen LogP contribution in [0.2, 0.25) is 0 Å². The van der Waals surface area contributed by atoms with Crippen molar-refractivity contribution in [2.75, 3.05) is 0 Å². The molecule has 2 N–H and O–H groups in total. The zero-order valence-corrected chi connectivity index (χ0v) is 11.5. The van der Waals surface area contributed by atoms with Crippen molar-refractivity contribution in [3.63, 3.8) is 0 Å². The molecule has 2 aliphatic rings. The van der Waals surface area contributed by atoms with Crippen molar-refractivity contribution in [3.05, 3.63) is 35.9 Å². The second-order valence-electron chi connectivity index (χ2n) is 5.79. The summed E-state index contributed by atoms with van der Waals surface area (Å²) in [6, 6.07) is 9.87. The van der Waals surface area contributed by atoms with E-state index in [2.05, 4.69) is 10.6 Å². The van der Waals surface area contributed by atoms with Crippen molar-refractivity contribution in [2.24, 2.45) is 5.92 Å². The molecule has 1 aromatic rings. The summed E-state index contributed by atoms with van der Waals surface area (Å²) in [5.74, 6) is 0.267. The number of nitrogens with one attached hydrogen (secondary N) is 2. The van der Waals surface area contributed by atoms with E-state index in [4.69, 9.17) is 0 Å². The lowest BCUT2D eigenvalue weighted by atomic mass is 10.0. The normalized spacial score (nSPS) is 19.2. The first-order chi connectivity index (χ1) is 9.72. The molecule has 3 rings (SSSR count). The fourth-order valence-corrected chi connectivity index (χ4v) is 2.27. The third-order valence-electron chi connectivity index (χ3n) is 3.80. The summed E-state index contributed by atoms with van der Waals surface area (Å²) in [6.07, 6.45) is 4.43. The van der Waals surface area contributed by atoms with Crippen LogP contribution in [-0.4, -0.2) is 17.9 Å². The van der Waals surface area contributed by atoms with Gasteiger partial charge in [-0.15, -0.1) is 0 Å². The topological polar surface area (TPSA) is 58.2 Å². The molecule has 1 aromatic carbocycles. The molecular formula is C16H20N2O2. The number of rotatable bonds is 6. The van der Waals surface area contributed by atoms with Crippen LogP contribution < -0.4 is 10.6 Å². The molecule has 4 heteroatoms. The fourth-order valence-electron chi connectivity index (χ4n) is 2.27. The smallest absolute Gasteiger partial charge is 0.223 e. The molecule has 0 aliphatic heterocycles. The molecule has 1 atom stereocenters. The lowest BCUT2D eigenvalue weighted by Crippen LogP contribution is -2.35. The van der Waals surface area contributed by atoms with E-state index in [1.165, 1.54) is 0 Å². The highest BCUT2D eigenvalue weighted by Crippen LogP contribution is 2.30. The molecule has 0 radical (unpaired) electrons. The maximum absolute atomic E-state index is 12.0. The molecule has 4 nitrogen and oxygen atoms in total. The lowest BCUT2D eigenvalue weighted by molar-refractivity contribution is -0.124. The molecule has 2 fully saturated rings. The van der Waals surface area contributed by atoms with Crippen LogP contribution in [0.1, 0.15) is 43.7 Å². The van der Waals surface area contributed by atoms with E-state index in [0.29, 0.717) is 12.5 Å². The minimum atomic E-state index is -0.219. The number of amides is 2. The molecule has 0 saturated heterocycles. The standard InChI is InChI=1S/C16H20N2O2/c19-15(17-13-8-9-13)10-14(11-4-2-1-3-5-11)18-16(20)12-6-7-12/h1-5,12-14H,6-10H2,(H,17,19)(H,18,20). The Balaban J connectivity index is 1.65. The minimum absolute atomic E-state index is 0.0254. The van der Waals surface area contributed by atoms with E-state index in [1.54, 1.807) is 0 Å². The summed E-state index contributed by atoms with van der Waals surface area (Å²) < 4.78 is 0. The summed E-state index contributed by atoms with van der Waals surface area (Å²) in [7, 11) is 0. The molecule has 0 spiro atoms. The molecule has 2 amide bonds. The quantitative estimate of drug-likeness (QED) is 0.831. The van der Waals surface area contributed by atoms with Gasteiger partial charge in [0, 0.05) is 12.0 Å². The Bertz CT molecular complexity index is 492. The monoisotopic (exact) mass is 272 g/mol. The van der Waals surface area contributed by atoms with Crippen LogP contribution in [0.5, 0.6) is 0 Å². The van der Waals surface area contributed by atoms with Crippen LogP contribution in [0, 0.1) is 5.92 Å². The highest BCUT2D eigenvalue weighted by Gasteiger charge is 2.32. The van der Waals surface area contributed by atoms with Crippen molar-refractivity contribution in [3.8, 4) is 0 Å². The van der Waals surface area contributed by atoms with Gasteiger partial charge in [0.05, 0.1) is 12.5 Å². The van der Waals surface area contributed by atoms with Crippen LogP contribution in [0.15, 0.2) is 30.3 Å². The van der Waals surface area contributed by atoms with E-state index in [9.17, 15) is 9.59 Å². The Kier molecular flexibility index (Phi) is 3.72. The maximum atomic E-state index is 12.0. The lowest BCUT2D eigenvalue weighted by Gasteiger charge is -2.19. The van der Waals surface area contributed by atoms with Crippen LogP contribution in [0.25, 0.3) is 0 Å². The Morgan fingerprint density at radius 1 is 1.10 bits per heavy atom. The molecule has 0 aromatic heterocycles. The number of carbonyl (C=O) groups is 2. The third kappa shape index (κ3) is 3.59. The van der Waals surface area contributed by atoms with Gasteiger partial charge in [-0.2, -0.15) is 0 Å². The molecule has 0 heterocycles. The highest BCUT2D eigenvalue weighted by atomic mass is 16.2. The maximum Gasteiger partial charge on any atom is 0.223 e. The van der Waals surface area contributed by atoms with Gasteiger partial charge in [0.25, 0.3) is 0 Å². The first kappa shape index (κ1) is 13.2. The van der Waals surface area contributed by atoms with E-state index in [0.717, 1.165) is 31.2 Å². The number of hydrogen-bond donors (Lipinski definition) is 2. The van der Waals surface area contributed by atoms with Crippen molar-refractivity contribution in [2.45, 2.75) is 44.2 Å². The molecule has 0 bridgehead atoms. The van der Waals surface area contributed by atoms with Gasteiger partial charge in [-0.1, -0.05) is 30.3 Å². The molecule has 1 unspecified atom stereocenters. The van der Waals surface area contributed by atoms with E-state index in [-0.39, 0.29) is 23.8 Å². The SMILES string of the molecule is O=C(CC(NC(=O)C1CC1)c1ccccc1)NC1CC1. The third-order valence-corrected chi connectivity index (χ3v) is 3.80. The second-order valence-corrected chi connectivity index (χ2v) is 5.79. The van der Waals surface area contributed by atoms with Crippen LogP contribution >= 0.6 is 0 Å². The summed E-state index contributed by atoms with van der Waals surface area (Å²) in [6.45, 7) is 0. The Hall–Kier alpha value is -1.84. The number of hydrogen-bond acceptors (Lipinski definition) is 2. The second kappa shape index (κ2) is 5.65. The largest absolute Gasteiger partial charge is 0.353 e. The van der Waals surface area contributed by atoms with Gasteiger partial charge in [-0.05, 0) is 31.2 Å². The van der Waals surface area contributed by atoms with E-state index in [1.807, 2.05) is 30.3 Å². The minimum Gasteiger partial charge on any atom is -0.353 e. The molecular weight excluding hydrogens is 252 g/mol. The summed E-state index contributed by atoms with van der Waals surface area (Å²) in [5, 5.41) is 6.00. The summed E-state index contributed by atoms with van der Waals surface area (Å²) in [5.41, 5.74) is 0.993. The van der Waals surface area contributed by atoms with Crippen LogP contribution in [-0.2, 0) is 9.59 Å². The van der Waals surface area contributed by atoms with E-state index >= 15 is 0 Å². The summed E-state index contributed by atoms with van der Waals surface area (Å²) >= 11 is 0. The predicted octanol–water partition coefficient (Wildman–Crippen LogP) is 1.92. The Labute approximate surface area is 118 Å². The first-order valence-corrected chi connectivity index (χ1v) is 7.37. The highest BCUT2D eigenvalue weighted by molar-refractivity contribution is 5.83. The molecule has 2 saturated carbocycles. The predicted molar refractivity (Wildman–Crippen MR) is 75.8 cm³/mol. The van der Waals surface area contributed by atoms with Gasteiger partial charge in [0.2, 0.25) is 11.8 Å². The fraction of sp³-hybridized carbons (Fsp3) is 0.500. The molecule has 20 heavy (non-hydrogen) atoms. The Morgan fingerprint density at radius 2 is 1.80 bits per heavy atom. The zero-order chi connectivity index (χ0) is 13.9. The summed E-state index contributed by atoms with van der Waals surface area (Å²) in [4.78, 5) is 23.9. The molecule has 2 aliphatic carbocycles. The number of carbonyl (C=O) groups excluding carboxylic acids is 2. The Morgan fingerprint density at radius 3 is 2.40 bits per heavy atom. The van der Waals surface area contributed by atoms with Crippen molar-refractivity contribution >= 4 is 11.8 Å². The van der Waals surface area contributed by atoms with Crippen molar-refractivity contribution in [1.29, 1.82) is 0 Å².